The molecule has 5 rings (SSSR count). The van der Waals surface area contributed by atoms with Gasteiger partial charge in [0.15, 0.2) is 0 Å². The molecule has 1 amide bonds. The zero-order chi connectivity index (χ0) is 28.9. The number of ether oxygens (including phenoxy) is 1. The van der Waals surface area contributed by atoms with Crippen LogP contribution < -0.4 is 4.90 Å². The van der Waals surface area contributed by atoms with E-state index >= 15 is 0 Å². The van der Waals surface area contributed by atoms with Crippen molar-refractivity contribution in [3.05, 3.63) is 88.4 Å². The van der Waals surface area contributed by atoms with E-state index in [0.717, 1.165) is 53.9 Å². The monoisotopic (exact) mass is 577 g/mol. The molecule has 2 saturated heterocycles. The van der Waals surface area contributed by atoms with Crippen LogP contribution in [0.5, 0.6) is 0 Å². The molecule has 2 fully saturated rings. The van der Waals surface area contributed by atoms with Crippen molar-refractivity contribution >= 4 is 29.4 Å². The van der Waals surface area contributed by atoms with Gasteiger partial charge in [-0.15, -0.1) is 0 Å². The fourth-order valence-corrected chi connectivity index (χ4v) is 5.98. The third-order valence-corrected chi connectivity index (χ3v) is 8.53. The Morgan fingerprint density at radius 3 is 2.20 bits per heavy atom. The van der Waals surface area contributed by atoms with Crippen LogP contribution in [-0.2, 0) is 11.3 Å². The van der Waals surface area contributed by atoms with Crippen molar-refractivity contribution < 1.29 is 24.5 Å². The van der Waals surface area contributed by atoms with Gasteiger partial charge < -0.3 is 24.7 Å². The van der Waals surface area contributed by atoms with Gasteiger partial charge in [-0.2, -0.15) is 0 Å². The van der Waals surface area contributed by atoms with Crippen molar-refractivity contribution in [3.63, 3.8) is 0 Å². The number of anilines is 1. The average molecular weight is 578 g/mol. The van der Waals surface area contributed by atoms with E-state index in [4.69, 9.17) is 16.3 Å². The van der Waals surface area contributed by atoms with Crippen LogP contribution >= 0.6 is 11.6 Å². The number of halogens is 1. The number of amides is 1. The number of aliphatic hydroxyl groups excluding tert-OH is 1. The zero-order valence-electron chi connectivity index (χ0n) is 23.2. The number of esters is 1. The topological polar surface area (TPSA) is 93.5 Å². The lowest BCUT2D eigenvalue weighted by molar-refractivity contribution is 0.0600. The molecule has 0 unspecified atom stereocenters. The molecule has 2 aliphatic rings. The van der Waals surface area contributed by atoms with Crippen molar-refractivity contribution in [2.24, 2.45) is 5.92 Å². The summed E-state index contributed by atoms with van der Waals surface area (Å²) in [6.45, 7) is 4.68. The minimum Gasteiger partial charge on any atom is -0.465 e. The molecule has 2 N–H and O–H groups in total. The van der Waals surface area contributed by atoms with Gasteiger partial charge in [0.2, 0.25) is 0 Å². The van der Waals surface area contributed by atoms with Crippen LogP contribution in [0.25, 0.3) is 11.1 Å². The Bertz CT molecular complexity index is 1350. The lowest BCUT2D eigenvalue weighted by atomic mass is 9.83. The van der Waals surface area contributed by atoms with Crippen LogP contribution in [0.2, 0.25) is 5.02 Å². The molecule has 0 aliphatic carbocycles. The van der Waals surface area contributed by atoms with Crippen LogP contribution in [0.3, 0.4) is 0 Å². The van der Waals surface area contributed by atoms with Gasteiger partial charge >= 0.3 is 12.1 Å². The first-order valence-corrected chi connectivity index (χ1v) is 14.4. The maximum absolute atomic E-state index is 11.8. The second-order valence-electron chi connectivity index (χ2n) is 10.8. The molecule has 9 heteroatoms. The largest absolute Gasteiger partial charge is 0.465 e. The molecule has 0 radical (unpaired) electrons. The number of carboxylic acid groups (broad SMARTS) is 1. The summed E-state index contributed by atoms with van der Waals surface area (Å²) in [4.78, 5) is 29.1. The first kappa shape index (κ1) is 28.9. The van der Waals surface area contributed by atoms with Crippen LogP contribution in [-0.4, -0.2) is 78.5 Å². The van der Waals surface area contributed by atoms with E-state index in [-0.39, 0.29) is 11.9 Å². The van der Waals surface area contributed by atoms with Crippen LogP contribution in [0.1, 0.15) is 40.4 Å². The maximum atomic E-state index is 11.8. The second-order valence-corrected chi connectivity index (χ2v) is 11.2. The lowest BCUT2D eigenvalue weighted by Gasteiger charge is -2.36. The normalized spacial score (nSPS) is 17.3. The molecule has 0 aromatic heterocycles. The first-order valence-electron chi connectivity index (χ1n) is 14.0. The third-order valence-electron chi connectivity index (χ3n) is 8.28. The van der Waals surface area contributed by atoms with E-state index in [1.54, 1.807) is 12.1 Å². The van der Waals surface area contributed by atoms with E-state index in [1.807, 2.05) is 36.4 Å². The summed E-state index contributed by atoms with van der Waals surface area (Å²) in [6.07, 6.45) is 0.169. The fourth-order valence-electron chi connectivity index (χ4n) is 5.86. The Balaban J connectivity index is 1.31. The number of methoxy groups -OCH3 is 1. The molecule has 0 spiro atoms. The summed E-state index contributed by atoms with van der Waals surface area (Å²) < 4.78 is 4.80. The van der Waals surface area contributed by atoms with Crippen LogP contribution in [0.15, 0.2) is 66.7 Å². The molecular formula is C32H36ClN3O5. The van der Waals surface area contributed by atoms with E-state index in [0.29, 0.717) is 43.3 Å². The van der Waals surface area contributed by atoms with Gasteiger partial charge in [0.25, 0.3) is 0 Å². The Morgan fingerprint density at radius 2 is 1.59 bits per heavy atom. The Morgan fingerprint density at radius 1 is 0.927 bits per heavy atom. The molecule has 216 valence electrons. The molecule has 0 saturated carbocycles. The SMILES string of the molecule is COC(=O)c1ccc(N2CCC([C@@H](O)c3cc(CN4CCN(C(=O)O)CC4)ccc3-c3ccc(Cl)cc3)CC2)cc1. The van der Waals surface area contributed by atoms with Gasteiger partial charge in [-0.05, 0) is 77.4 Å². The van der Waals surface area contributed by atoms with E-state index in [2.05, 4.69) is 28.0 Å². The predicted octanol–water partition coefficient (Wildman–Crippen LogP) is 5.54. The summed E-state index contributed by atoms with van der Waals surface area (Å²) in [6, 6.07) is 21.5. The van der Waals surface area contributed by atoms with Crippen LogP contribution in [0, 0.1) is 5.92 Å². The quantitative estimate of drug-likeness (QED) is 0.356. The molecule has 41 heavy (non-hydrogen) atoms. The summed E-state index contributed by atoms with van der Waals surface area (Å²) >= 11 is 6.16. The smallest absolute Gasteiger partial charge is 0.407 e. The van der Waals surface area contributed by atoms with Gasteiger partial charge in [-0.3, -0.25) is 4.90 Å². The predicted molar refractivity (Wildman–Crippen MR) is 159 cm³/mol. The van der Waals surface area contributed by atoms with Gasteiger partial charge in [0.05, 0.1) is 18.8 Å². The fraction of sp³-hybridized carbons (Fsp3) is 0.375. The molecule has 3 aromatic rings. The van der Waals surface area contributed by atoms with Gasteiger partial charge in [0, 0.05) is 56.5 Å². The van der Waals surface area contributed by atoms with Crippen LogP contribution in [0.4, 0.5) is 10.5 Å². The number of carbonyl (C=O) groups excluding carboxylic acids is 1. The molecule has 8 nitrogen and oxygen atoms in total. The third kappa shape index (κ3) is 6.84. The number of rotatable bonds is 7. The van der Waals surface area contributed by atoms with Gasteiger partial charge in [-0.25, -0.2) is 9.59 Å². The van der Waals surface area contributed by atoms with Crippen molar-refractivity contribution in [2.75, 3.05) is 51.3 Å². The number of carbonyl (C=O) groups is 2. The Hall–Kier alpha value is -3.59. The van der Waals surface area contributed by atoms with Crippen molar-refractivity contribution in [2.45, 2.75) is 25.5 Å². The highest BCUT2D eigenvalue weighted by molar-refractivity contribution is 6.30. The zero-order valence-corrected chi connectivity index (χ0v) is 24.0. The molecule has 0 bridgehead atoms. The van der Waals surface area contributed by atoms with Gasteiger partial charge in [-0.1, -0.05) is 41.9 Å². The minimum absolute atomic E-state index is 0.0982. The average Bonchev–Trinajstić information content (AvgIpc) is 3.01. The standard InChI is InChI=1S/C32H36ClN3O5/c1-41-31(38)25-5-9-27(10-6-25)35-14-12-24(13-15-35)30(37)29-20-22(21-34-16-18-36(19-17-34)32(39)40)2-11-28(29)23-3-7-26(33)8-4-23/h2-11,20,24,30,37H,12-19,21H2,1H3,(H,39,40)/t30-/m1/s1. The minimum atomic E-state index is -0.869. The second kappa shape index (κ2) is 12.9. The molecule has 2 aliphatic heterocycles. The van der Waals surface area contributed by atoms with Crippen molar-refractivity contribution in [1.82, 2.24) is 9.80 Å². The summed E-state index contributed by atoms with van der Waals surface area (Å²) in [7, 11) is 1.38. The summed E-state index contributed by atoms with van der Waals surface area (Å²) in [5, 5.41) is 21.7. The highest BCUT2D eigenvalue weighted by atomic mass is 35.5. The van der Waals surface area contributed by atoms with Crippen molar-refractivity contribution in [1.29, 1.82) is 0 Å². The number of hydrogen-bond acceptors (Lipinski definition) is 6. The molecule has 1 atom stereocenters. The Kier molecular flexibility index (Phi) is 9.12. The molecule has 3 aromatic carbocycles. The first-order chi connectivity index (χ1) is 19.8. The van der Waals surface area contributed by atoms with E-state index in [1.165, 1.54) is 12.0 Å². The number of piperidine rings is 1. The maximum Gasteiger partial charge on any atom is 0.407 e. The summed E-state index contributed by atoms with van der Waals surface area (Å²) in [5.74, 6) is -0.249. The number of nitrogens with zero attached hydrogens (tertiary/aromatic N) is 3. The van der Waals surface area contributed by atoms with Gasteiger partial charge in [0.1, 0.15) is 0 Å². The lowest BCUT2D eigenvalue weighted by Crippen LogP contribution is -2.47. The number of aliphatic hydroxyl groups is 1. The number of hydrogen-bond donors (Lipinski definition) is 2. The number of benzene rings is 3. The Labute approximate surface area is 245 Å². The number of piperazine rings is 1. The molecular weight excluding hydrogens is 542 g/mol. The summed E-state index contributed by atoms with van der Waals surface area (Å²) in [5.41, 5.74) is 5.60. The highest BCUT2D eigenvalue weighted by Crippen LogP contribution is 2.38. The van der Waals surface area contributed by atoms with E-state index in [9.17, 15) is 19.8 Å². The molecule has 2 heterocycles. The van der Waals surface area contributed by atoms with E-state index < -0.39 is 12.2 Å². The highest BCUT2D eigenvalue weighted by Gasteiger charge is 2.29. The van der Waals surface area contributed by atoms with Crippen molar-refractivity contribution in [3.8, 4) is 11.1 Å².